The lowest BCUT2D eigenvalue weighted by Crippen LogP contribution is -2.22. The number of sulfonamides is 1. The Morgan fingerprint density at radius 2 is 1.82 bits per heavy atom. The highest BCUT2D eigenvalue weighted by atomic mass is 32.2. The van der Waals surface area contributed by atoms with Crippen molar-refractivity contribution in [3.8, 4) is 0 Å². The van der Waals surface area contributed by atoms with Gasteiger partial charge >= 0.3 is 0 Å². The van der Waals surface area contributed by atoms with Crippen molar-refractivity contribution in [2.24, 2.45) is 0 Å². The van der Waals surface area contributed by atoms with Crippen molar-refractivity contribution >= 4 is 15.7 Å². The summed E-state index contributed by atoms with van der Waals surface area (Å²) in [5, 5.41) is 3.33. The van der Waals surface area contributed by atoms with E-state index in [4.69, 9.17) is 0 Å². The average molecular weight is 254 g/mol. The molecule has 0 unspecified atom stereocenters. The molecule has 1 fully saturated rings. The quantitative estimate of drug-likeness (QED) is 0.863. The molecule has 0 radical (unpaired) electrons. The number of anilines is 1. The van der Waals surface area contributed by atoms with Crippen LogP contribution in [0.5, 0.6) is 0 Å². The summed E-state index contributed by atoms with van der Waals surface area (Å²) < 4.78 is 26.0. The molecule has 1 aliphatic rings. The molecule has 0 aromatic heterocycles. The molecule has 0 aliphatic heterocycles. The first-order valence-electron chi connectivity index (χ1n) is 5.92. The summed E-state index contributed by atoms with van der Waals surface area (Å²) in [5.41, 5.74) is 0.703. The van der Waals surface area contributed by atoms with E-state index in [2.05, 4.69) is 10.0 Å². The van der Waals surface area contributed by atoms with E-state index in [0.717, 1.165) is 12.8 Å². The summed E-state index contributed by atoms with van der Waals surface area (Å²) in [7, 11) is -1.95. The zero-order chi connectivity index (χ0) is 12.3. The standard InChI is InChI=1S/C12H18N2O2S/c1-13-17(15,16)12-9-5-4-8-11(12)14-10-6-2-3-7-10/h4-5,8-10,13-14H,2-3,6-7H2,1H3. The van der Waals surface area contributed by atoms with Gasteiger partial charge in [0.25, 0.3) is 0 Å². The van der Waals surface area contributed by atoms with Gasteiger partial charge in [-0.25, -0.2) is 13.1 Å². The molecular weight excluding hydrogens is 236 g/mol. The van der Waals surface area contributed by atoms with Crippen molar-refractivity contribution in [1.29, 1.82) is 0 Å². The van der Waals surface area contributed by atoms with E-state index >= 15 is 0 Å². The fourth-order valence-corrected chi connectivity index (χ4v) is 3.11. The molecule has 2 rings (SSSR count). The number of hydrogen-bond donors (Lipinski definition) is 2. The summed E-state index contributed by atoms with van der Waals surface area (Å²) in [6.45, 7) is 0. The summed E-state index contributed by atoms with van der Waals surface area (Å²) in [4.78, 5) is 0.328. The molecule has 0 heterocycles. The van der Waals surface area contributed by atoms with Crippen molar-refractivity contribution in [2.45, 2.75) is 36.6 Å². The summed E-state index contributed by atoms with van der Waals surface area (Å²) in [6.07, 6.45) is 4.68. The second-order valence-corrected chi connectivity index (χ2v) is 6.18. The van der Waals surface area contributed by atoms with Gasteiger partial charge in [-0.1, -0.05) is 25.0 Å². The molecule has 0 amide bonds. The molecule has 2 N–H and O–H groups in total. The van der Waals surface area contributed by atoms with Gasteiger partial charge in [-0.15, -0.1) is 0 Å². The minimum atomic E-state index is -3.38. The van der Waals surface area contributed by atoms with Crippen LogP contribution in [0.3, 0.4) is 0 Å². The van der Waals surface area contributed by atoms with Gasteiger partial charge in [-0.3, -0.25) is 0 Å². The molecule has 0 atom stereocenters. The first kappa shape index (κ1) is 12.4. The van der Waals surface area contributed by atoms with E-state index in [0.29, 0.717) is 16.6 Å². The Hall–Kier alpha value is -1.07. The maximum Gasteiger partial charge on any atom is 0.242 e. The maximum absolute atomic E-state index is 11.8. The van der Waals surface area contributed by atoms with Crippen LogP contribution in [0.25, 0.3) is 0 Å². The Morgan fingerprint density at radius 3 is 2.47 bits per heavy atom. The van der Waals surface area contributed by atoms with Gasteiger partial charge in [0, 0.05) is 6.04 Å². The SMILES string of the molecule is CNS(=O)(=O)c1ccccc1NC1CCCC1. The Morgan fingerprint density at radius 1 is 1.18 bits per heavy atom. The lowest BCUT2D eigenvalue weighted by atomic mass is 10.2. The molecule has 0 saturated heterocycles. The third-order valence-electron chi connectivity index (χ3n) is 3.16. The zero-order valence-corrected chi connectivity index (χ0v) is 10.8. The first-order chi connectivity index (χ1) is 8.13. The predicted molar refractivity (Wildman–Crippen MR) is 68.6 cm³/mol. The highest BCUT2D eigenvalue weighted by molar-refractivity contribution is 7.89. The van der Waals surface area contributed by atoms with Crippen LogP contribution in [-0.4, -0.2) is 21.5 Å². The summed E-state index contributed by atoms with van der Waals surface area (Å²) >= 11 is 0. The van der Waals surface area contributed by atoms with Crippen LogP contribution in [0.15, 0.2) is 29.2 Å². The van der Waals surface area contributed by atoms with Gasteiger partial charge in [0.1, 0.15) is 4.90 Å². The molecule has 0 bridgehead atoms. The minimum Gasteiger partial charge on any atom is -0.381 e. The van der Waals surface area contributed by atoms with Crippen LogP contribution in [0.1, 0.15) is 25.7 Å². The molecule has 1 aromatic rings. The smallest absolute Gasteiger partial charge is 0.242 e. The summed E-state index contributed by atoms with van der Waals surface area (Å²) in [5.74, 6) is 0. The number of para-hydroxylation sites is 1. The summed E-state index contributed by atoms with van der Waals surface area (Å²) in [6, 6.07) is 7.45. The molecule has 5 heteroatoms. The molecule has 4 nitrogen and oxygen atoms in total. The van der Waals surface area contributed by atoms with Gasteiger partial charge in [-0.2, -0.15) is 0 Å². The highest BCUT2D eigenvalue weighted by Gasteiger charge is 2.20. The predicted octanol–water partition coefficient (Wildman–Crippen LogP) is 1.95. The minimum absolute atomic E-state index is 0.328. The zero-order valence-electron chi connectivity index (χ0n) is 9.94. The topological polar surface area (TPSA) is 58.2 Å². The van der Waals surface area contributed by atoms with E-state index < -0.39 is 10.0 Å². The average Bonchev–Trinajstić information content (AvgIpc) is 2.82. The third-order valence-corrected chi connectivity index (χ3v) is 4.63. The molecule has 0 spiro atoms. The number of hydrogen-bond acceptors (Lipinski definition) is 3. The van der Waals surface area contributed by atoms with E-state index in [9.17, 15) is 8.42 Å². The molecular formula is C12H18N2O2S. The number of benzene rings is 1. The van der Waals surface area contributed by atoms with Crippen molar-refractivity contribution in [1.82, 2.24) is 4.72 Å². The van der Waals surface area contributed by atoms with Crippen LogP contribution >= 0.6 is 0 Å². The van der Waals surface area contributed by atoms with Crippen molar-refractivity contribution in [2.75, 3.05) is 12.4 Å². The second-order valence-electron chi connectivity index (χ2n) is 4.33. The lowest BCUT2D eigenvalue weighted by molar-refractivity contribution is 0.588. The normalized spacial score (nSPS) is 17.2. The van der Waals surface area contributed by atoms with Gasteiger partial charge in [0.2, 0.25) is 10.0 Å². The van der Waals surface area contributed by atoms with E-state index in [1.165, 1.54) is 19.9 Å². The van der Waals surface area contributed by atoms with Crippen LogP contribution in [0.2, 0.25) is 0 Å². The molecule has 1 aliphatic carbocycles. The van der Waals surface area contributed by atoms with Crippen LogP contribution in [0, 0.1) is 0 Å². The number of rotatable bonds is 4. The Labute approximate surface area is 102 Å². The van der Waals surface area contributed by atoms with Crippen LogP contribution < -0.4 is 10.0 Å². The molecule has 1 aromatic carbocycles. The fourth-order valence-electron chi connectivity index (χ4n) is 2.22. The Balaban J connectivity index is 2.27. The Bertz CT molecular complexity index is 479. The van der Waals surface area contributed by atoms with Crippen molar-refractivity contribution in [3.63, 3.8) is 0 Å². The molecule has 1 saturated carbocycles. The monoisotopic (exact) mass is 254 g/mol. The lowest BCUT2D eigenvalue weighted by Gasteiger charge is -2.16. The molecule has 17 heavy (non-hydrogen) atoms. The van der Waals surface area contributed by atoms with E-state index in [1.54, 1.807) is 12.1 Å². The van der Waals surface area contributed by atoms with Gasteiger partial charge in [0.05, 0.1) is 5.69 Å². The van der Waals surface area contributed by atoms with Gasteiger partial charge in [-0.05, 0) is 32.0 Å². The molecule has 94 valence electrons. The van der Waals surface area contributed by atoms with E-state index in [1.807, 2.05) is 12.1 Å². The van der Waals surface area contributed by atoms with Crippen LogP contribution in [0.4, 0.5) is 5.69 Å². The van der Waals surface area contributed by atoms with Crippen molar-refractivity contribution < 1.29 is 8.42 Å². The van der Waals surface area contributed by atoms with Gasteiger partial charge in [0.15, 0.2) is 0 Å². The second kappa shape index (κ2) is 5.06. The third kappa shape index (κ3) is 2.79. The largest absolute Gasteiger partial charge is 0.381 e. The Kier molecular flexibility index (Phi) is 3.69. The fraction of sp³-hybridized carbons (Fsp3) is 0.500. The van der Waals surface area contributed by atoms with E-state index in [-0.39, 0.29) is 0 Å². The number of nitrogens with one attached hydrogen (secondary N) is 2. The first-order valence-corrected chi connectivity index (χ1v) is 7.41. The highest BCUT2D eigenvalue weighted by Crippen LogP contribution is 2.26. The maximum atomic E-state index is 11.8. The van der Waals surface area contributed by atoms with Gasteiger partial charge < -0.3 is 5.32 Å². The van der Waals surface area contributed by atoms with Crippen LogP contribution in [-0.2, 0) is 10.0 Å². The van der Waals surface area contributed by atoms with Crippen molar-refractivity contribution in [3.05, 3.63) is 24.3 Å².